The molecule has 0 unspecified atom stereocenters. The summed E-state index contributed by atoms with van der Waals surface area (Å²) in [7, 11) is 4.43. The maximum Gasteiger partial charge on any atom is 0.345 e. The molecule has 0 bridgehead atoms. The first-order chi connectivity index (χ1) is 13.2. The van der Waals surface area contributed by atoms with Crippen molar-refractivity contribution in [3.63, 3.8) is 0 Å². The molecule has 0 amide bonds. The summed E-state index contributed by atoms with van der Waals surface area (Å²) in [6, 6.07) is 15.9. The van der Waals surface area contributed by atoms with Gasteiger partial charge >= 0.3 is 5.97 Å². The molecule has 27 heavy (non-hydrogen) atoms. The summed E-state index contributed by atoms with van der Waals surface area (Å²) in [6.07, 6.45) is 0. The maximum absolute atomic E-state index is 12.5. The first-order valence-electron chi connectivity index (χ1n) is 8.07. The second-order valence-corrected chi connectivity index (χ2v) is 5.43. The Morgan fingerprint density at radius 3 is 2.00 bits per heavy atom. The summed E-state index contributed by atoms with van der Waals surface area (Å²) < 4.78 is 21.0. The molecule has 3 aromatic rings. The van der Waals surface area contributed by atoms with Gasteiger partial charge in [0.05, 0.1) is 32.6 Å². The molecule has 0 aliphatic carbocycles. The van der Waals surface area contributed by atoms with Crippen molar-refractivity contribution >= 4 is 5.97 Å². The van der Waals surface area contributed by atoms with Crippen molar-refractivity contribution in [2.45, 2.75) is 0 Å². The molecule has 7 nitrogen and oxygen atoms in total. The number of ether oxygens (including phenoxy) is 4. The van der Waals surface area contributed by atoms with Crippen molar-refractivity contribution in [1.29, 1.82) is 0 Å². The first kappa shape index (κ1) is 18.2. The highest BCUT2D eigenvalue weighted by Gasteiger charge is 2.19. The predicted molar refractivity (Wildman–Crippen MR) is 98.5 cm³/mol. The van der Waals surface area contributed by atoms with Crippen LogP contribution in [0.1, 0.15) is 10.4 Å². The lowest BCUT2D eigenvalue weighted by Crippen LogP contribution is -2.11. The Labute approximate surface area is 156 Å². The van der Waals surface area contributed by atoms with Gasteiger partial charge in [-0.3, -0.25) is 0 Å². The van der Waals surface area contributed by atoms with E-state index in [1.54, 1.807) is 12.1 Å². The number of hydrogen-bond acceptors (Lipinski definition) is 7. The second-order valence-electron chi connectivity index (χ2n) is 5.43. The van der Waals surface area contributed by atoms with Crippen molar-refractivity contribution in [3.8, 4) is 34.4 Å². The van der Waals surface area contributed by atoms with E-state index in [1.807, 2.05) is 30.3 Å². The Balaban J connectivity index is 1.81. The topological polar surface area (TPSA) is 79.8 Å². The van der Waals surface area contributed by atoms with Crippen LogP contribution in [0.2, 0.25) is 0 Å². The van der Waals surface area contributed by atoms with Crippen LogP contribution in [-0.4, -0.2) is 37.5 Å². The van der Waals surface area contributed by atoms with Crippen LogP contribution >= 0.6 is 0 Å². The molecule has 0 radical (unpaired) electrons. The molecule has 0 aliphatic rings. The zero-order valence-electron chi connectivity index (χ0n) is 15.1. The van der Waals surface area contributed by atoms with E-state index in [4.69, 9.17) is 18.9 Å². The zero-order valence-corrected chi connectivity index (χ0v) is 15.1. The molecule has 0 N–H and O–H groups in total. The average molecular weight is 366 g/mol. The Morgan fingerprint density at radius 1 is 0.815 bits per heavy atom. The molecule has 0 saturated heterocycles. The second kappa shape index (κ2) is 8.18. The maximum atomic E-state index is 12.5. The highest BCUT2D eigenvalue weighted by molar-refractivity contribution is 5.92. The molecule has 138 valence electrons. The minimum atomic E-state index is -0.615. The van der Waals surface area contributed by atoms with Crippen LogP contribution in [-0.2, 0) is 0 Å². The number of benzene rings is 2. The number of rotatable bonds is 6. The van der Waals surface area contributed by atoms with E-state index in [9.17, 15) is 4.79 Å². The predicted octanol–water partition coefficient (Wildman–Crippen LogP) is 3.39. The van der Waals surface area contributed by atoms with E-state index >= 15 is 0 Å². The van der Waals surface area contributed by atoms with Crippen molar-refractivity contribution in [2.75, 3.05) is 21.3 Å². The molecule has 3 rings (SSSR count). The third-order valence-corrected chi connectivity index (χ3v) is 3.81. The quantitative estimate of drug-likeness (QED) is 0.619. The van der Waals surface area contributed by atoms with Crippen LogP contribution < -0.4 is 18.9 Å². The van der Waals surface area contributed by atoms with Gasteiger partial charge in [0, 0.05) is 11.6 Å². The molecule has 0 fully saturated rings. The first-order valence-corrected chi connectivity index (χ1v) is 8.07. The van der Waals surface area contributed by atoms with E-state index in [1.165, 1.54) is 33.5 Å². The third-order valence-electron chi connectivity index (χ3n) is 3.81. The van der Waals surface area contributed by atoms with Crippen LogP contribution in [0.15, 0.2) is 54.6 Å². The smallest absolute Gasteiger partial charge is 0.345 e. The summed E-state index contributed by atoms with van der Waals surface area (Å²) in [5.41, 5.74) is 1.84. The van der Waals surface area contributed by atoms with Crippen LogP contribution in [0.4, 0.5) is 0 Å². The number of hydrogen-bond donors (Lipinski definition) is 0. The molecule has 2 aromatic carbocycles. The van der Waals surface area contributed by atoms with Gasteiger partial charge in [-0.05, 0) is 18.2 Å². The number of carbonyl (C=O) groups excluding carboxylic acids is 1. The van der Waals surface area contributed by atoms with E-state index in [0.717, 1.165) is 5.56 Å². The SMILES string of the molecule is COc1cc(C(=O)Oc2ccc(-c3ccccc3)nn2)cc(OC)c1OC. The Bertz CT molecular complexity index is 902. The van der Waals surface area contributed by atoms with Gasteiger partial charge in [0.15, 0.2) is 11.5 Å². The standard InChI is InChI=1S/C20H18N2O5/c1-24-16-11-14(12-17(25-2)19(16)26-3)20(23)27-18-10-9-15(21-22-18)13-7-5-4-6-8-13/h4-12H,1-3H3. The molecular weight excluding hydrogens is 348 g/mol. The summed E-state index contributed by atoms with van der Waals surface area (Å²) in [5, 5.41) is 8.05. The minimum Gasteiger partial charge on any atom is -0.493 e. The number of aromatic nitrogens is 2. The fourth-order valence-corrected chi connectivity index (χ4v) is 2.49. The molecule has 0 saturated carbocycles. The fraction of sp³-hybridized carbons (Fsp3) is 0.150. The highest BCUT2D eigenvalue weighted by Crippen LogP contribution is 2.38. The van der Waals surface area contributed by atoms with Gasteiger partial charge < -0.3 is 18.9 Å². The molecule has 0 spiro atoms. The van der Waals surface area contributed by atoms with E-state index < -0.39 is 5.97 Å². The van der Waals surface area contributed by atoms with Crippen molar-refractivity contribution < 1.29 is 23.7 Å². The Morgan fingerprint density at radius 2 is 1.48 bits per heavy atom. The molecule has 0 aliphatic heterocycles. The van der Waals surface area contributed by atoms with Crippen molar-refractivity contribution in [1.82, 2.24) is 10.2 Å². The molecular formula is C20H18N2O5. The van der Waals surface area contributed by atoms with Crippen LogP contribution in [0.5, 0.6) is 23.1 Å². The average Bonchev–Trinajstić information content (AvgIpc) is 2.73. The monoisotopic (exact) mass is 366 g/mol. The number of carbonyl (C=O) groups is 1. The third kappa shape index (κ3) is 3.98. The van der Waals surface area contributed by atoms with Gasteiger partial charge in [0.2, 0.25) is 11.6 Å². The van der Waals surface area contributed by atoms with Gasteiger partial charge in [-0.15, -0.1) is 10.2 Å². The zero-order chi connectivity index (χ0) is 19.2. The summed E-state index contributed by atoms with van der Waals surface area (Å²) in [5.74, 6) is 0.580. The summed E-state index contributed by atoms with van der Waals surface area (Å²) >= 11 is 0. The van der Waals surface area contributed by atoms with Crippen LogP contribution in [0.3, 0.4) is 0 Å². The minimum absolute atomic E-state index is 0.0911. The van der Waals surface area contributed by atoms with E-state index in [-0.39, 0.29) is 11.4 Å². The fourth-order valence-electron chi connectivity index (χ4n) is 2.49. The Hall–Kier alpha value is -3.61. The molecule has 1 aromatic heterocycles. The lowest BCUT2D eigenvalue weighted by molar-refractivity contribution is 0.0725. The summed E-state index contributed by atoms with van der Waals surface area (Å²) in [6.45, 7) is 0. The normalized spacial score (nSPS) is 10.2. The van der Waals surface area contributed by atoms with Crippen molar-refractivity contribution in [3.05, 3.63) is 60.2 Å². The number of nitrogens with zero attached hydrogens (tertiary/aromatic N) is 2. The Kier molecular flexibility index (Phi) is 5.51. The van der Waals surface area contributed by atoms with E-state index in [2.05, 4.69) is 10.2 Å². The largest absolute Gasteiger partial charge is 0.493 e. The number of esters is 1. The van der Waals surface area contributed by atoms with Crippen LogP contribution in [0, 0.1) is 0 Å². The van der Waals surface area contributed by atoms with Gasteiger partial charge in [-0.1, -0.05) is 30.3 Å². The molecule has 1 heterocycles. The summed E-state index contributed by atoms with van der Waals surface area (Å²) in [4.78, 5) is 12.5. The molecule has 7 heteroatoms. The van der Waals surface area contributed by atoms with Crippen LogP contribution in [0.25, 0.3) is 11.3 Å². The van der Waals surface area contributed by atoms with Gasteiger partial charge in [0.25, 0.3) is 0 Å². The van der Waals surface area contributed by atoms with Crippen molar-refractivity contribution in [2.24, 2.45) is 0 Å². The van der Waals surface area contributed by atoms with Gasteiger partial charge in [-0.25, -0.2) is 4.79 Å². The molecule has 0 atom stereocenters. The highest BCUT2D eigenvalue weighted by atomic mass is 16.5. The lowest BCUT2D eigenvalue weighted by Gasteiger charge is -2.13. The van der Waals surface area contributed by atoms with Gasteiger partial charge in [0.1, 0.15) is 0 Å². The van der Waals surface area contributed by atoms with Gasteiger partial charge in [-0.2, -0.15) is 0 Å². The number of methoxy groups -OCH3 is 3. The van der Waals surface area contributed by atoms with E-state index in [0.29, 0.717) is 22.9 Å². The lowest BCUT2D eigenvalue weighted by atomic mass is 10.1.